The topological polar surface area (TPSA) is 49.4 Å². The maximum Gasteiger partial charge on any atom is 0.214 e. The number of hydrogen-bond acceptors (Lipinski definition) is 3. The standard InChI is InChI=1S/C17H26N2O2S/c20-22(21,16-10-11-16)18-14-17(15-8-4-3-5-9-15)19-12-6-1-2-7-13-19/h3-5,8-9,16-18H,1-2,6-7,10-14H2. The quantitative estimate of drug-likeness (QED) is 0.876. The minimum atomic E-state index is -3.11. The summed E-state index contributed by atoms with van der Waals surface area (Å²) in [5.41, 5.74) is 1.21. The summed E-state index contributed by atoms with van der Waals surface area (Å²) in [6, 6.07) is 10.5. The second-order valence-corrected chi connectivity index (χ2v) is 8.51. The van der Waals surface area contributed by atoms with Crippen molar-refractivity contribution in [3.05, 3.63) is 35.9 Å². The monoisotopic (exact) mass is 322 g/mol. The van der Waals surface area contributed by atoms with Crippen molar-refractivity contribution in [2.75, 3.05) is 19.6 Å². The molecule has 122 valence electrons. The third-order valence-electron chi connectivity index (χ3n) is 4.71. The van der Waals surface area contributed by atoms with Gasteiger partial charge in [0.1, 0.15) is 0 Å². The fourth-order valence-corrected chi connectivity index (χ4v) is 4.61. The van der Waals surface area contributed by atoms with Crippen LogP contribution in [0.1, 0.15) is 50.1 Å². The molecule has 0 spiro atoms. The van der Waals surface area contributed by atoms with Gasteiger partial charge in [-0.25, -0.2) is 13.1 Å². The molecule has 1 aromatic rings. The summed E-state index contributed by atoms with van der Waals surface area (Å²) >= 11 is 0. The lowest BCUT2D eigenvalue weighted by atomic mass is 10.1. The zero-order valence-corrected chi connectivity index (χ0v) is 13.9. The average Bonchev–Trinajstić information content (AvgIpc) is 3.36. The van der Waals surface area contributed by atoms with Gasteiger partial charge in [-0.15, -0.1) is 0 Å². The second-order valence-electron chi connectivity index (χ2n) is 6.47. The molecular weight excluding hydrogens is 296 g/mol. The molecule has 5 heteroatoms. The van der Waals surface area contributed by atoms with E-state index in [2.05, 4.69) is 21.8 Å². The molecule has 0 aromatic heterocycles. The smallest absolute Gasteiger partial charge is 0.214 e. The van der Waals surface area contributed by atoms with Gasteiger partial charge in [0, 0.05) is 12.6 Å². The first-order valence-electron chi connectivity index (χ1n) is 8.44. The number of benzene rings is 1. The van der Waals surface area contributed by atoms with E-state index in [1.165, 1.54) is 31.2 Å². The van der Waals surface area contributed by atoms with Crippen molar-refractivity contribution in [2.24, 2.45) is 0 Å². The van der Waals surface area contributed by atoms with E-state index in [9.17, 15) is 8.42 Å². The van der Waals surface area contributed by atoms with Gasteiger partial charge in [-0.05, 0) is 44.3 Å². The summed E-state index contributed by atoms with van der Waals surface area (Å²) < 4.78 is 27.2. The lowest BCUT2D eigenvalue weighted by Gasteiger charge is -2.31. The van der Waals surface area contributed by atoms with Crippen LogP contribution in [0.4, 0.5) is 0 Å². The lowest BCUT2D eigenvalue weighted by Crippen LogP contribution is -2.39. The Morgan fingerprint density at radius 1 is 1.05 bits per heavy atom. The van der Waals surface area contributed by atoms with Crippen LogP contribution >= 0.6 is 0 Å². The summed E-state index contributed by atoms with van der Waals surface area (Å²) in [6.07, 6.45) is 6.61. The molecule has 0 amide bonds. The normalized spacial score (nSPS) is 22.2. The zero-order chi connectivity index (χ0) is 15.4. The van der Waals surface area contributed by atoms with Gasteiger partial charge >= 0.3 is 0 Å². The molecule has 2 fully saturated rings. The summed E-state index contributed by atoms with van der Waals surface area (Å²) in [7, 11) is -3.11. The number of rotatable bonds is 6. The number of sulfonamides is 1. The highest BCUT2D eigenvalue weighted by Crippen LogP contribution is 2.29. The lowest BCUT2D eigenvalue weighted by molar-refractivity contribution is 0.206. The first-order valence-corrected chi connectivity index (χ1v) is 9.99. The fraction of sp³-hybridized carbons (Fsp3) is 0.647. The van der Waals surface area contributed by atoms with E-state index < -0.39 is 10.0 Å². The molecule has 3 rings (SSSR count). The van der Waals surface area contributed by atoms with E-state index in [0.717, 1.165) is 25.9 Å². The van der Waals surface area contributed by atoms with Crippen LogP contribution in [-0.2, 0) is 10.0 Å². The highest BCUT2D eigenvalue weighted by Gasteiger charge is 2.36. The van der Waals surface area contributed by atoms with E-state index in [1.54, 1.807) is 0 Å². The van der Waals surface area contributed by atoms with Crippen LogP contribution in [-0.4, -0.2) is 38.2 Å². The zero-order valence-electron chi connectivity index (χ0n) is 13.1. The molecule has 1 unspecified atom stereocenters. The molecule has 1 saturated heterocycles. The van der Waals surface area contributed by atoms with E-state index in [1.807, 2.05) is 18.2 Å². The molecule has 1 aromatic carbocycles. The second kappa shape index (κ2) is 7.11. The molecule has 0 bridgehead atoms. The van der Waals surface area contributed by atoms with Gasteiger partial charge in [-0.2, -0.15) is 0 Å². The van der Waals surface area contributed by atoms with Crippen molar-refractivity contribution in [3.8, 4) is 0 Å². The van der Waals surface area contributed by atoms with Gasteiger partial charge in [0.15, 0.2) is 0 Å². The van der Waals surface area contributed by atoms with Crippen LogP contribution in [0.3, 0.4) is 0 Å². The number of nitrogens with one attached hydrogen (secondary N) is 1. The van der Waals surface area contributed by atoms with Gasteiger partial charge in [0.05, 0.1) is 5.25 Å². The summed E-state index contributed by atoms with van der Waals surface area (Å²) in [4.78, 5) is 2.46. The Morgan fingerprint density at radius 2 is 1.68 bits per heavy atom. The third-order valence-corrected chi connectivity index (χ3v) is 6.62. The Balaban J connectivity index is 1.73. The van der Waals surface area contributed by atoms with Crippen molar-refractivity contribution in [2.45, 2.75) is 49.8 Å². The molecule has 1 saturated carbocycles. The largest absolute Gasteiger partial charge is 0.295 e. The predicted octanol–water partition coefficient (Wildman–Crippen LogP) is 2.69. The van der Waals surface area contributed by atoms with Gasteiger partial charge in [-0.3, -0.25) is 4.90 Å². The van der Waals surface area contributed by atoms with Crippen LogP contribution in [0.25, 0.3) is 0 Å². The minimum absolute atomic E-state index is 0.145. The maximum absolute atomic E-state index is 12.1. The van der Waals surface area contributed by atoms with Gasteiger partial charge < -0.3 is 0 Å². The number of nitrogens with zero attached hydrogens (tertiary/aromatic N) is 1. The van der Waals surface area contributed by atoms with Gasteiger partial charge in [-0.1, -0.05) is 43.2 Å². The summed E-state index contributed by atoms with van der Waals surface area (Å²) in [5.74, 6) is 0. The van der Waals surface area contributed by atoms with Crippen LogP contribution in [0.5, 0.6) is 0 Å². The summed E-state index contributed by atoms with van der Waals surface area (Å²) in [6.45, 7) is 2.61. The predicted molar refractivity (Wildman–Crippen MR) is 89.2 cm³/mol. The third kappa shape index (κ3) is 4.09. The molecule has 4 nitrogen and oxygen atoms in total. The van der Waals surface area contributed by atoms with Crippen molar-refractivity contribution in [3.63, 3.8) is 0 Å². The minimum Gasteiger partial charge on any atom is -0.295 e. The van der Waals surface area contributed by atoms with E-state index in [0.29, 0.717) is 6.54 Å². The van der Waals surface area contributed by atoms with Crippen molar-refractivity contribution in [1.29, 1.82) is 0 Å². The molecule has 1 aliphatic heterocycles. The average molecular weight is 322 g/mol. The fourth-order valence-electron chi connectivity index (χ4n) is 3.23. The Bertz CT molecular complexity index is 562. The molecule has 1 N–H and O–H groups in total. The highest BCUT2D eigenvalue weighted by molar-refractivity contribution is 7.90. The SMILES string of the molecule is O=S(=O)(NCC(c1ccccc1)N1CCCCCC1)C1CC1. The Labute approximate surface area is 134 Å². The molecular formula is C17H26N2O2S. The Hall–Kier alpha value is -0.910. The van der Waals surface area contributed by atoms with Crippen LogP contribution in [0, 0.1) is 0 Å². The molecule has 1 atom stereocenters. The molecule has 2 aliphatic rings. The molecule has 1 aliphatic carbocycles. The molecule has 0 radical (unpaired) electrons. The first-order chi connectivity index (χ1) is 10.7. The Morgan fingerprint density at radius 3 is 2.27 bits per heavy atom. The number of hydrogen-bond donors (Lipinski definition) is 1. The van der Waals surface area contributed by atoms with Gasteiger partial charge in [0.2, 0.25) is 10.0 Å². The van der Waals surface area contributed by atoms with Crippen molar-refractivity contribution in [1.82, 2.24) is 9.62 Å². The highest BCUT2D eigenvalue weighted by atomic mass is 32.2. The number of likely N-dealkylation sites (tertiary alicyclic amines) is 1. The molecule has 22 heavy (non-hydrogen) atoms. The van der Waals surface area contributed by atoms with E-state index in [4.69, 9.17) is 0 Å². The van der Waals surface area contributed by atoms with Crippen LogP contribution < -0.4 is 4.72 Å². The van der Waals surface area contributed by atoms with E-state index >= 15 is 0 Å². The van der Waals surface area contributed by atoms with Crippen LogP contribution in [0.15, 0.2) is 30.3 Å². The van der Waals surface area contributed by atoms with E-state index in [-0.39, 0.29) is 11.3 Å². The maximum atomic E-state index is 12.1. The van der Waals surface area contributed by atoms with Gasteiger partial charge in [0.25, 0.3) is 0 Å². The van der Waals surface area contributed by atoms with Crippen molar-refractivity contribution >= 4 is 10.0 Å². The Kier molecular flexibility index (Phi) is 5.16. The summed E-state index contributed by atoms with van der Waals surface area (Å²) in [5, 5.41) is -0.145. The van der Waals surface area contributed by atoms with Crippen LogP contribution in [0.2, 0.25) is 0 Å². The van der Waals surface area contributed by atoms with Crippen molar-refractivity contribution < 1.29 is 8.42 Å². The molecule has 1 heterocycles. The first kappa shape index (κ1) is 16.0.